The molecule has 8 heteroatoms. The van der Waals surface area contributed by atoms with Crippen LogP contribution < -0.4 is 15.4 Å². The Morgan fingerprint density at radius 3 is 2.77 bits per heavy atom. The highest BCUT2D eigenvalue weighted by Gasteiger charge is 2.25. The number of hydrogen-bond acceptors (Lipinski definition) is 3. The number of benzene rings is 2. The first-order valence-electron chi connectivity index (χ1n) is 7.89. The maximum atomic E-state index is 13.8. The van der Waals surface area contributed by atoms with Crippen molar-refractivity contribution < 1.29 is 18.7 Å². The quantitative estimate of drug-likeness (QED) is 0.830. The highest BCUT2D eigenvalue weighted by atomic mass is 35.5. The lowest BCUT2D eigenvalue weighted by Crippen LogP contribution is -2.40. The van der Waals surface area contributed by atoms with Crippen LogP contribution in [-0.4, -0.2) is 25.0 Å². The molecule has 1 heterocycles. The summed E-state index contributed by atoms with van der Waals surface area (Å²) in [6, 6.07) is 8.65. The SMILES string of the molecule is O=C(CNC(=O)c1ccc(Cl)c(Cl)c1)N[C@H]1CCOc2c(F)cccc21. The summed E-state index contributed by atoms with van der Waals surface area (Å²) in [5.41, 5.74) is 0.881. The topological polar surface area (TPSA) is 67.4 Å². The van der Waals surface area contributed by atoms with Crippen LogP contribution in [0.25, 0.3) is 0 Å². The minimum Gasteiger partial charge on any atom is -0.490 e. The molecule has 0 aromatic heterocycles. The lowest BCUT2D eigenvalue weighted by atomic mass is 10.0. The van der Waals surface area contributed by atoms with E-state index in [4.69, 9.17) is 27.9 Å². The van der Waals surface area contributed by atoms with Gasteiger partial charge in [-0.25, -0.2) is 4.39 Å². The maximum Gasteiger partial charge on any atom is 0.251 e. The molecular formula is C18H15Cl2FN2O3. The van der Waals surface area contributed by atoms with E-state index in [9.17, 15) is 14.0 Å². The summed E-state index contributed by atoms with van der Waals surface area (Å²) in [4.78, 5) is 24.2. The van der Waals surface area contributed by atoms with Crippen LogP contribution in [0.5, 0.6) is 5.75 Å². The lowest BCUT2D eigenvalue weighted by Gasteiger charge is -2.27. The zero-order valence-corrected chi connectivity index (χ0v) is 15.0. The monoisotopic (exact) mass is 396 g/mol. The van der Waals surface area contributed by atoms with Crippen molar-refractivity contribution in [1.29, 1.82) is 0 Å². The molecule has 1 aliphatic rings. The normalized spacial score (nSPS) is 15.6. The van der Waals surface area contributed by atoms with Crippen molar-refractivity contribution in [2.75, 3.05) is 13.2 Å². The van der Waals surface area contributed by atoms with Crippen LogP contribution >= 0.6 is 23.2 Å². The molecule has 2 N–H and O–H groups in total. The molecule has 1 atom stereocenters. The van der Waals surface area contributed by atoms with E-state index in [1.165, 1.54) is 24.3 Å². The molecule has 2 aromatic rings. The predicted octanol–water partition coefficient (Wildman–Crippen LogP) is 3.50. The van der Waals surface area contributed by atoms with Gasteiger partial charge in [0.25, 0.3) is 5.91 Å². The maximum absolute atomic E-state index is 13.8. The van der Waals surface area contributed by atoms with Gasteiger partial charge in [0.05, 0.1) is 29.2 Å². The van der Waals surface area contributed by atoms with Gasteiger partial charge in [-0.2, -0.15) is 0 Å². The number of carbonyl (C=O) groups is 2. The second-order valence-corrected chi connectivity index (χ2v) is 6.54. The van der Waals surface area contributed by atoms with Crippen molar-refractivity contribution in [3.05, 3.63) is 63.4 Å². The number of hydrogen-bond donors (Lipinski definition) is 2. The highest BCUT2D eigenvalue weighted by Crippen LogP contribution is 2.33. The number of nitrogens with one attached hydrogen (secondary N) is 2. The smallest absolute Gasteiger partial charge is 0.251 e. The molecule has 0 spiro atoms. The van der Waals surface area contributed by atoms with Gasteiger partial charge >= 0.3 is 0 Å². The van der Waals surface area contributed by atoms with Crippen molar-refractivity contribution in [3.8, 4) is 5.75 Å². The Balaban J connectivity index is 1.59. The van der Waals surface area contributed by atoms with Gasteiger partial charge in [-0.15, -0.1) is 0 Å². The number of halogens is 3. The molecule has 0 radical (unpaired) electrons. The molecule has 2 amide bonds. The fourth-order valence-corrected chi connectivity index (χ4v) is 2.98. The van der Waals surface area contributed by atoms with E-state index in [2.05, 4.69) is 10.6 Å². The van der Waals surface area contributed by atoms with Gasteiger partial charge in [0.1, 0.15) is 0 Å². The van der Waals surface area contributed by atoms with E-state index in [1.54, 1.807) is 12.1 Å². The summed E-state index contributed by atoms with van der Waals surface area (Å²) < 4.78 is 19.1. The number of carbonyl (C=O) groups excluding carboxylic acids is 2. The molecule has 26 heavy (non-hydrogen) atoms. The minimum absolute atomic E-state index is 0.156. The Labute approximate surface area is 159 Å². The zero-order chi connectivity index (χ0) is 18.7. The number of ether oxygens (including phenoxy) is 1. The molecule has 0 saturated carbocycles. The van der Waals surface area contributed by atoms with E-state index in [1.807, 2.05) is 0 Å². The average molecular weight is 397 g/mol. The predicted molar refractivity (Wildman–Crippen MR) is 96.2 cm³/mol. The first kappa shape index (κ1) is 18.5. The second-order valence-electron chi connectivity index (χ2n) is 5.73. The average Bonchev–Trinajstić information content (AvgIpc) is 2.63. The highest BCUT2D eigenvalue weighted by molar-refractivity contribution is 6.42. The Hall–Kier alpha value is -2.31. The summed E-state index contributed by atoms with van der Waals surface area (Å²) in [6.07, 6.45) is 0.517. The number of amides is 2. The summed E-state index contributed by atoms with van der Waals surface area (Å²) in [5, 5.41) is 5.89. The molecule has 0 unspecified atom stereocenters. The van der Waals surface area contributed by atoms with Crippen LogP contribution in [0.4, 0.5) is 4.39 Å². The Morgan fingerprint density at radius 1 is 1.19 bits per heavy atom. The van der Waals surface area contributed by atoms with Crippen LogP contribution in [0.2, 0.25) is 10.0 Å². The van der Waals surface area contributed by atoms with Crippen molar-refractivity contribution in [3.63, 3.8) is 0 Å². The molecule has 0 bridgehead atoms. The van der Waals surface area contributed by atoms with Gasteiger partial charge in [0.15, 0.2) is 11.6 Å². The number of para-hydroxylation sites is 1. The summed E-state index contributed by atoms with van der Waals surface area (Å²) >= 11 is 11.7. The fraction of sp³-hybridized carbons (Fsp3) is 0.222. The van der Waals surface area contributed by atoms with Gasteiger partial charge in [-0.1, -0.05) is 35.3 Å². The van der Waals surface area contributed by atoms with Gasteiger partial charge in [-0.05, 0) is 24.3 Å². The molecular weight excluding hydrogens is 382 g/mol. The van der Waals surface area contributed by atoms with Crippen molar-refractivity contribution >= 4 is 35.0 Å². The number of rotatable bonds is 4. The van der Waals surface area contributed by atoms with Gasteiger partial charge in [0, 0.05) is 17.5 Å². The van der Waals surface area contributed by atoms with E-state index < -0.39 is 11.7 Å². The van der Waals surface area contributed by atoms with Crippen LogP contribution in [-0.2, 0) is 4.79 Å². The van der Waals surface area contributed by atoms with E-state index in [-0.39, 0.29) is 29.3 Å². The first-order chi connectivity index (χ1) is 12.5. The minimum atomic E-state index is -0.464. The van der Waals surface area contributed by atoms with Crippen LogP contribution in [0, 0.1) is 5.82 Å². The molecule has 0 aliphatic carbocycles. The first-order valence-corrected chi connectivity index (χ1v) is 8.65. The Kier molecular flexibility index (Phi) is 5.64. The van der Waals surface area contributed by atoms with E-state index in [0.29, 0.717) is 29.2 Å². The van der Waals surface area contributed by atoms with Gasteiger partial charge < -0.3 is 15.4 Å². The van der Waals surface area contributed by atoms with Gasteiger partial charge in [0.2, 0.25) is 5.91 Å². The second kappa shape index (κ2) is 7.93. The third-order valence-electron chi connectivity index (χ3n) is 3.95. The standard InChI is InChI=1S/C18H15Cl2FN2O3/c19-12-5-4-10(8-13(12)20)18(25)22-9-16(24)23-15-6-7-26-17-11(15)2-1-3-14(17)21/h1-5,8,15H,6-7,9H2,(H,22,25)(H,23,24)/t15-/m0/s1. The molecule has 1 aliphatic heterocycles. The molecule has 0 fully saturated rings. The largest absolute Gasteiger partial charge is 0.490 e. The molecule has 136 valence electrons. The molecule has 3 rings (SSSR count). The zero-order valence-electron chi connectivity index (χ0n) is 13.5. The molecule has 2 aromatic carbocycles. The summed E-state index contributed by atoms with van der Waals surface area (Å²) in [6.45, 7) is 0.0790. The van der Waals surface area contributed by atoms with Crippen molar-refractivity contribution in [2.24, 2.45) is 0 Å². The molecule has 0 saturated heterocycles. The Bertz CT molecular complexity index is 860. The lowest BCUT2D eigenvalue weighted by molar-refractivity contribution is -0.121. The van der Waals surface area contributed by atoms with E-state index in [0.717, 1.165) is 0 Å². The van der Waals surface area contributed by atoms with Crippen molar-refractivity contribution in [1.82, 2.24) is 10.6 Å². The van der Waals surface area contributed by atoms with E-state index >= 15 is 0 Å². The van der Waals surface area contributed by atoms with Crippen LogP contribution in [0.3, 0.4) is 0 Å². The summed E-state index contributed by atoms with van der Waals surface area (Å²) in [7, 11) is 0. The van der Waals surface area contributed by atoms with Gasteiger partial charge in [-0.3, -0.25) is 9.59 Å². The fourth-order valence-electron chi connectivity index (χ4n) is 2.68. The third-order valence-corrected chi connectivity index (χ3v) is 4.69. The number of fused-ring (bicyclic) bond motifs is 1. The van der Waals surface area contributed by atoms with Crippen LogP contribution in [0.15, 0.2) is 36.4 Å². The Morgan fingerprint density at radius 2 is 2.00 bits per heavy atom. The van der Waals surface area contributed by atoms with Crippen molar-refractivity contribution in [2.45, 2.75) is 12.5 Å². The summed E-state index contributed by atoms with van der Waals surface area (Å²) in [5.74, 6) is -1.14. The third kappa shape index (κ3) is 4.08. The molecule has 5 nitrogen and oxygen atoms in total. The van der Waals surface area contributed by atoms with Crippen LogP contribution in [0.1, 0.15) is 28.4 Å².